The van der Waals surface area contributed by atoms with Gasteiger partial charge < -0.3 is 9.47 Å². The Morgan fingerprint density at radius 1 is 0.784 bits per heavy atom. The maximum atomic E-state index is 13.0. The minimum atomic E-state index is -0.771. The normalized spacial score (nSPS) is 15.1. The van der Waals surface area contributed by atoms with Crippen molar-refractivity contribution < 1.29 is 23.9 Å². The number of hydrogen-bond acceptors (Lipinski definition) is 5. The molecule has 0 atom stereocenters. The molecule has 7 nitrogen and oxygen atoms in total. The Hall–Kier alpha value is -4.39. The highest BCUT2D eigenvalue weighted by Crippen LogP contribution is 2.25. The van der Waals surface area contributed by atoms with Crippen LogP contribution in [0.1, 0.15) is 37.5 Å². The molecule has 190 valence electrons. The van der Waals surface area contributed by atoms with Gasteiger partial charge in [-0.3, -0.25) is 14.9 Å². The van der Waals surface area contributed by atoms with E-state index in [1.807, 2.05) is 19.1 Å². The topological polar surface area (TPSA) is 84.9 Å². The fourth-order valence-corrected chi connectivity index (χ4v) is 3.78. The van der Waals surface area contributed by atoms with Crippen LogP contribution < -0.4 is 19.7 Å². The highest BCUT2D eigenvalue weighted by atomic mass is 16.5. The van der Waals surface area contributed by atoms with Crippen LogP contribution in [0.3, 0.4) is 0 Å². The summed E-state index contributed by atoms with van der Waals surface area (Å²) >= 11 is 0. The van der Waals surface area contributed by atoms with E-state index in [0.29, 0.717) is 30.2 Å². The zero-order valence-corrected chi connectivity index (χ0v) is 21.4. The second kappa shape index (κ2) is 10.7. The molecule has 0 aromatic heterocycles. The molecule has 1 aliphatic rings. The number of hydrogen-bond donors (Lipinski definition) is 1. The second-order valence-corrected chi connectivity index (χ2v) is 9.83. The number of barbiturate groups is 1. The van der Waals surface area contributed by atoms with Crippen LogP contribution in [0.4, 0.5) is 10.5 Å². The number of urea groups is 1. The van der Waals surface area contributed by atoms with E-state index in [4.69, 9.17) is 9.47 Å². The molecule has 0 bridgehead atoms. The largest absolute Gasteiger partial charge is 0.490 e. The minimum Gasteiger partial charge on any atom is -0.490 e. The molecule has 1 heterocycles. The van der Waals surface area contributed by atoms with Crippen molar-refractivity contribution in [2.24, 2.45) is 0 Å². The molecule has 7 heteroatoms. The third kappa shape index (κ3) is 6.25. The van der Waals surface area contributed by atoms with E-state index in [-0.39, 0.29) is 11.0 Å². The molecule has 1 fully saturated rings. The molecule has 1 N–H and O–H groups in total. The Balaban J connectivity index is 1.35. The van der Waals surface area contributed by atoms with Crippen LogP contribution in [0.5, 0.6) is 11.5 Å². The summed E-state index contributed by atoms with van der Waals surface area (Å²) in [6.07, 6.45) is 1.46. The maximum Gasteiger partial charge on any atom is 0.335 e. The predicted molar refractivity (Wildman–Crippen MR) is 143 cm³/mol. The van der Waals surface area contributed by atoms with Crippen molar-refractivity contribution in [3.8, 4) is 11.5 Å². The van der Waals surface area contributed by atoms with Gasteiger partial charge in [-0.25, -0.2) is 9.69 Å². The Bertz CT molecular complexity index is 1320. The molecule has 37 heavy (non-hydrogen) atoms. The first-order chi connectivity index (χ1) is 17.6. The number of ether oxygens (including phenoxy) is 2. The summed E-state index contributed by atoms with van der Waals surface area (Å²) in [5.74, 6) is 0.00820. The maximum absolute atomic E-state index is 13.0. The van der Waals surface area contributed by atoms with E-state index in [0.717, 1.165) is 16.2 Å². The van der Waals surface area contributed by atoms with Gasteiger partial charge in [-0.05, 0) is 65.9 Å². The number of rotatable bonds is 7. The first kappa shape index (κ1) is 25.7. The van der Waals surface area contributed by atoms with Crippen molar-refractivity contribution in [1.29, 1.82) is 0 Å². The fourth-order valence-electron chi connectivity index (χ4n) is 3.78. The van der Waals surface area contributed by atoms with Crippen molar-refractivity contribution in [2.45, 2.75) is 33.1 Å². The summed E-state index contributed by atoms with van der Waals surface area (Å²) in [6.45, 7) is 9.15. The average Bonchev–Trinajstić information content (AvgIpc) is 2.86. The van der Waals surface area contributed by atoms with E-state index in [1.54, 1.807) is 48.5 Å². The van der Waals surface area contributed by atoms with E-state index in [2.05, 4.69) is 38.2 Å². The van der Waals surface area contributed by atoms with Crippen molar-refractivity contribution >= 4 is 29.6 Å². The number of carbonyl (C=O) groups is 3. The summed E-state index contributed by atoms with van der Waals surface area (Å²) < 4.78 is 11.5. The number of nitrogens with one attached hydrogen (secondary N) is 1. The van der Waals surface area contributed by atoms with Gasteiger partial charge in [0.25, 0.3) is 11.8 Å². The van der Waals surface area contributed by atoms with Gasteiger partial charge in [0.2, 0.25) is 0 Å². The quantitative estimate of drug-likeness (QED) is 0.267. The molecule has 0 spiro atoms. The van der Waals surface area contributed by atoms with Crippen molar-refractivity contribution in [3.05, 3.63) is 95.1 Å². The van der Waals surface area contributed by atoms with Gasteiger partial charge in [0, 0.05) is 0 Å². The number of amides is 4. The number of aryl methyl sites for hydroxylation is 1. The van der Waals surface area contributed by atoms with E-state index in [9.17, 15) is 14.4 Å². The lowest BCUT2D eigenvalue weighted by Gasteiger charge is -2.26. The Labute approximate surface area is 216 Å². The van der Waals surface area contributed by atoms with Crippen LogP contribution in [-0.2, 0) is 15.0 Å². The van der Waals surface area contributed by atoms with Crippen LogP contribution in [-0.4, -0.2) is 31.1 Å². The molecule has 4 rings (SSSR count). The van der Waals surface area contributed by atoms with Gasteiger partial charge in [-0.1, -0.05) is 62.7 Å². The average molecular weight is 499 g/mol. The van der Waals surface area contributed by atoms with Gasteiger partial charge in [0.1, 0.15) is 30.3 Å². The van der Waals surface area contributed by atoms with E-state index in [1.165, 1.54) is 11.6 Å². The molecular weight excluding hydrogens is 468 g/mol. The highest BCUT2D eigenvalue weighted by molar-refractivity contribution is 6.39. The SMILES string of the molecule is Cc1ccc(N2C(=O)NC(=O)C(=Cc3ccc(OCCOc4ccc(C(C)(C)C)cc4)cc3)C2=O)cc1. The van der Waals surface area contributed by atoms with Crippen LogP contribution in [0, 0.1) is 6.92 Å². The Kier molecular flexibility index (Phi) is 7.43. The minimum absolute atomic E-state index is 0.0930. The smallest absolute Gasteiger partial charge is 0.335 e. The number of benzene rings is 3. The van der Waals surface area contributed by atoms with Crippen LogP contribution in [0.2, 0.25) is 0 Å². The summed E-state index contributed by atoms with van der Waals surface area (Å²) in [5.41, 5.74) is 3.22. The fraction of sp³-hybridized carbons (Fsp3) is 0.233. The summed E-state index contributed by atoms with van der Waals surface area (Å²) in [6, 6.07) is 21.2. The zero-order valence-electron chi connectivity index (χ0n) is 21.4. The standard InChI is InChI=1S/C30H30N2O5/c1-20-5-11-23(12-6-20)32-28(34)26(27(33)31-29(32)35)19-21-7-13-24(14-8-21)36-17-18-37-25-15-9-22(10-16-25)30(2,3)4/h5-16,19H,17-18H2,1-4H3,(H,31,33,35). The highest BCUT2D eigenvalue weighted by Gasteiger charge is 2.36. The molecule has 0 aliphatic carbocycles. The number of anilines is 1. The summed E-state index contributed by atoms with van der Waals surface area (Å²) in [7, 11) is 0. The van der Waals surface area contributed by atoms with Gasteiger partial charge >= 0.3 is 6.03 Å². The first-order valence-electron chi connectivity index (χ1n) is 12.1. The van der Waals surface area contributed by atoms with Gasteiger partial charge in [-0.15, -0.1) is 0 Å². The number of imide groups is 2. The third-order valence-corrected chi connectivity index (χ3v) is 5.93. The van der Waals surface area contributed by atoms with E-state index < -0.39 is 17.8 Å². The predicted octanol–water partition coefficient (Wildman–Crippen LogP) is 5.42. The lowest BCUT2D eigenvalue weighted by molar-refractivity contribution is -0.122. The zero-order chi connectivity index (χ0) is 26.6. The van der Waals surface area contributed by atoms with Gasteiger partial charge in [-0.2, -0.15) is 0 Å². The molecule has 0 saturated carbocycles. The third-order valence-electron chi connectivity index (χ3n) is 5.93. The molecule has 0 unspecified atom stereocenters. The van der Waals surface area contributed by atoms with Crippen molar-refractivity contribution in [2.75, 3.05) is 18.1 Å². The van der Waals surface area contributed by atoms with Crippen molar-refractivity contribution in [3.63, 3.8) is 0 Å². The lowest BCUT2D eigenvalue weighted by Crippen LogP contribution is -2.54. The van der Waals surface area contributed by atoms with Gasteiger partial charge in [0.15, 0.2) is 0 Å². The van der Waals surface area contributed by atoms with Gasteiger partial charge in [0.05, 0.1) is 5.69 Å². The Morgan fingerprint density at radius 3 is 1.86 bits per heavy atom. The molecule has 1 aliphatic heterocycles. The van der Waals surface area contributed by atoms with Crippen LogP contribution in [0.25, 0.3) is 6.08 Å². The monoisotopic (exact) mass is 498 g/mol. The molecule has 0 radical (unpaired) electrons. The number of nitrogens with zero attached hydrogens (tertiary/aromatic N) is 1. The molecule has 3 aromatic rings. The first-order valence-corrected chi connectivity index (χ1v) is 12.1. The van der Waals surface area contributed by atoms with E-state index >= 15 is 0 Å². The second-order valence-electron chi connectivity index (χ2n) is 9.83. The summed E-state index contributed by atoms with van der Waals surface area (Å²) in [4.78, 5) is 38.7. The molecule has 4 amide bonds. The van der Waals surface area contributed by atoms with Crippen LogP contribution in [0.15, 0.2) is 78.4 Å². The summed E-state index contributed by atoms with van der Waals surface area (Å²) in [5, 5.41) is 2.23. The Morgan fingerprint density at radius 2 is 1.32 bits per heavy atom. The lowest BCUT2D eigenvalue weighted by atomic mass is 9.87. The van der Waals surface area contributed by atoms with Crippen LogP contribution >= 0.6 is 0 Å². The molecular formula is C30H30N2O5. The van der Waals surface area contributed by atoms with Crippen molar-refractivity contribution in [1.82, 2.24) is 5.32 Å². The molecule has 1 saturated heterocycles. The number of carbonyl (C=O) groups excluding carboxylic acids is 3. The molecule has 3 aromatic carbocycles.